The summed E-state index contributed by atoms with van der Waals surface area (Å²) in [5.74, 6) is 6.19. The fourth-order valence-corrected chi connectivity index (χ4v) is 1.58. The second-order valence-corrected chi connectivity index (χ2v) is 4.29. The van der Waals surface area contributed by atoms with E-state index in [1.54, 1.807) is 0 Å². The SMILES string of the molecule is ICCC#CCCOC1CCCCO1. The van der Waals surface area contributed by atoms with Crippen molar-refractivity contribution in [3.05, 3.63) is 0 Å². The summed E-state index contributed by atoms with van der Waals surface area (Å²) in [4.78, 5) is 0. The number of hydrogen-bond donors (Lipinski definition) is 0. The molecule has 1 rings (SSSR count). The Bertz CT molecular complexity index is 189. The highest BCUT2D eigenvalue weighted by Gasteiger charge is 2.12. The van der Waals surface area contributed by atoms with E-state index in [-0.39, 0.29) is 6.29 Å². The molecule has 1 fully saturated rings. The van der Waals surface area contributed by atoms with Gasteiger partial charge in [0.2, 0.25) is 0 Å². The summed E-state index contributed by atoms with van der Waals surface area (Å²) >= 11 is 2.33. The van der Waals surface area contributed by atoms with Crippen molar-refractivity contribution in [2.75, 3.05) is 17.6 Å². The summed E-state index contributed by atoms with van der Waals surface area (Å²) < 4.78 is 12.1. The van der Waals surface area contributed by atoms with Crippen LogP contribution in [0.15, 0.2) is 0 Å². The van der Waals surface area contributed by atoms with Gasteiger partial charge in [-0.25, -0.2) is 0 Å². The van der Waals surface area contributed by atoms with E-state index in [4.69, 9.17) is 9.47 Å². The van der Waals surface area contributed by atoms with Crippen LogP contribution in [0.25, 0.3) is 0 Å². The first-order chi connectivity index (χ1) is 6.93. The largest absolute Gasteiger partial charge is 0.353 e. The smallest absolute Gasteiger partial charge is 0.157 e. The molecule has 1 heterocycles. The quantitative estimate of drug-likeness (QED) is 0.344. The minimum Gasteiger partial charge on any atom is -0.353 e. The molecule has 0 aromatic carbocycles. The van der Waals surface area contributed by atoms with Crippen LogP contribution in [0.1, 0.15) is 32.1 Å². The molecule has 1 saturated heterocycles. The second kappa shape index (κ2) is 8.51. The minimum absolute atomic E-state index is 0.0372. The van der Waals surface area contributed by atoms with Gasteiger partial charge < -0.3 is 9.47 Å². The lowest BCUT2D eigenvalue weighted by atomic mass is 10.2. The second-order valence-electron chi connectivity index (χ2n) is 3.21. The van der Waals surface area contributed by atoms with Crippen molar-refractivity contribution >= 4 is 22.6 Å². The first kappa shape index (κ1) is 12.3. The number of hydrogen-bond acceptors (Lipinski definition) is 2. The van der Waals surface area contributed by atoms with Gasteiger partial charge in [0.05, 0.1) is 6.61 Å². The number of alkyl halides is 1. The van der Waals surface area contributed by atoms with Gasteiger partial charge in [-0.3, -0.25) is 0 Å². The van der Waals surface area contributed by atoms with Crippen molar-refractivity contribution in [2.24, 2.45) is 0 Å². The minimum atomic E-state index is 0.0372. The van der Waals surface area contributed by atoms with Crippen LogP contribution in [0.3, 0.4) is 0 Å². The molecular formula is C11H17IO2. The zero-order valence-electron chi connectivity index (χ0n) is 8.43. The summed E-state index contributed by atoms with van der Waals surface area (Å²) in [6.07, 6.45) is 5.30. The van der Waals surface area contributed by atoms with E-state index < -0.39 is 0 Å². The predicted molar refractivity (Wildman–Crippen MR) is 65.4 cm³/mol. The molecule has 0 aliphatic carbocycles. The summed E-state index contributed by atoms with van der Waals surface area (Å²) in [5.41, 5.74) is 0. The van der Waals surface area contributed by atoms with Crippen molar-refractivity contribution < 1.29 is 9.47 Å². The summed E-state index contributed by atoms with van der Waals surface area (Å²) in [7, 11) is 0. The van der Waals surface area contributed by atoms with Gasteiger partial charge in [-0.1, -0.05) is 22.6 Å². The van der Waals surface area contributed by atoms with Gasteiger partial charge in [0, 0.05) is 23.9 Å². The molecule has 1 aliphatic heterocycles. The fourth-order valence-electron chi connectivity index (χ4n) is 1.31. The van der Waals surface area contributed by atoms with Crippen molar-refractivity contribution in [1.29, 1.82) is 0 Å². The zero-order valence-corrected chi connectivity index (χ0v) is 10.6. The molecule has 0 radical (unpaired) electrons. The first-order valence-corrected chi connectivity index (χ1v) is 6.71. The average molecular weight is 308 g/mol. The van der Waals surface area contributed by atoms with Crippen LogP contribution >= 0.6 is 22.6 Å². The van der Waals surface area contributed by atoms with Gasteiger partial charge in [0.25, 0.3) is 0 Å². The van der Waals surface area contributed by atoms with Crippen LogP contribution in [0.2, 0.25) is 0 Å². The first-order valence-electron chi connectivity index (χ1n) is 5.18. The molecule has 1 atom stereocenters. The third-order valence-corrected chi connectivity index (χ3v) is 2.55. The molecule has 80 valence electrons. The molecule has 0 spiro atoms. The molecule has 1 aliphatic rings. The lowest BCUT2D eigenvalue weighted by Crippen LogP contribution is -2.22. The van der Waals surface area contributed by atoms with E-state index in [0.717, 1.165) is 30.3 Å². The Morgan fingerprint density at radius 3 is 2.86 bits per heavy atom. The number of halogens is 1. The highest BCUT2D eigenvalue weighted by molar-refractivity contribution is 14.1. The third kappa shape index (κ3) is 5.84. The van der Waals surface area contributed by atoms with E-state index in [1.165, 1.54) is 12.8 Å². The van der Waals surface area contributed by atoms with Gasteiger partial charge in [-0.2, -0.15) is 0 Å². The van der Waals surface area contributed by atoms with Crippen LogP contribution in [0.5, 0.6) is 0 Å². The molecule has 0 N–H and O–H groups in total. The van der Waals surface area contributed by atoms with E-state index >= 15 is 0 Å². The molecule has 3 heteroatoms. The lowest BCUT2D eigenvalue weighted by molar-refractivity contribution is -0.161. The average Bonchev–Trinajstić information content (AvgIpc) is 2.25. The van der Waals surface area contributed by atoms with E-state index in [2.05, 4.69) is 34.4 Å². The summed E-state index contributed by atoms with van der Waals surface area (Å²) in [5, 5.41) is 0. The van der Waals surface area contributed by atoms with Crippen LogP contribution in [0.4, 0.5) is 0 Å². The van der Waals surface area contributed by atoms with Crippen molar-refractivity contribution in [3.8, 4) is 11.8 Å². The Morgan fingerprint density at radius 2 is 2.14 bits per heavy atom. The van der Waals surface area contributed by atoms with E-state index in [0.29, 0.717) is 6.61 Å². The highest BCUT2D eigenvalue weighted by atomic mass is 127. The molecule has 0 bridgehead atoms. The number of ether oxygens (including phenoxy) is 2. The molecule has 0 aromatic heterocycles. The van der Waals surface area contributed by atoms with Crippen molar-refractivity contribution in [1.82, 2.24) is 0 Å². The maximum absolute atomic E-state index is 5.54. The van der Waals surface area contributed by atoms with Crippen LogP contribution in [-0.2, 0) is 9.47 Å². The molecular weight excluding hydrogens is 291 g/mol. The van der Waals surface area contributed by atoms with Gasteiger partial charge in [-0.05, 0) is 19.3 Å². The summed E-state index contributed by atoms with van der Waals surface area (Å²) in [6.45, 7) is 1.56. The summed E-state index contributed by atoms with van der Waals surface area (Å²) in [6, 6.07) is 0. The Hall–Kier alpha value is 0.210. The lowest BCUT2D eigenvalue weighted by Gasteiger charge is -2.22. The topological polar surface area (TPSA) is 18.5 Å². The van der Waals surface area contributed by atoms with E-state index in [9.17, 15) is 0 Å². The zero-order chi connectivity index (χ0) is 10.1. The Labute approximate surface area is 99.9 Å². The predicted octanol–water partition coefficient (Wildman–Crippen LogP) is 2.75. The molecule has 2 nitrogen and oxygen atoms in total. The Morgan fingerprint density at radius 1 is 1.29 bits per heavy atom. The van der Waals surface area contributed by atoms with Crippen molar-refractivity contribution in [3.63, 3.8) is 0 Å². The molecule has 0 saturated carbocycles. The van der Waals surface area contributed by atoms with Crippen LogP contribution < -0.4 is 0 Å². The van der Waals surface area contributed by atoms with E-state index in [1.807, 2.05) is 0 Å². The third-order valence-electron chi connectivity index (χ3n) is 2.01. The number of rotatable bonds is 4. The van der Waals surface area contributed by atoms with Crippen LogP contribution in [0, 0.1) is 11.8 Å². The molecule has 0 aromatic rings. The maximum atomic E-state index is 5.54. The molecule has 0 amide bonds. The standard InChI is InChI=1S/C11H17IO2/c12-8-4-1-2-5-9-13-11-7-3-6-10-14-11/h11H,3-10H2. The van der Waals surface area contributed by atoms with Gasteiger partial charge in [-0.15, -0.1) is 11.8 Å². The van der Waals surface area contributed by atoms with Gasteiger partial charge in [0.1, 0.15) is 0 Å². The van der Waals surface area contributed by atoms with Gasteiger partial charge >= 0.3 is 0 Å². The maximum Gasteiger partial charge on any atom is 0.157 e. The Kier molecular flexibility index (Phi) is 7.47. The van der Waals surface area contributed by atoms with Crippen molar-refractivity contribution in [2.45, 2.75) is 38.4 Å². The van der Waals surface area contributed by atoms with Gasteiger partial charge in [0.15, 0.2) is 6.29 Å². The fraction of sp³-hybridized carbons (Fsp3) is 0.818. The highest BCUT2D eigenvalue weighted by Crippen LogP contribution is 2.13. The Balaban J connectivity index is 1.95. The van der Waals surface area contributed by atoms with Crippen LogP contribution in [-0.4, -0.2) is 23.9 Å². The molecule has 14 heavy (non-hydrogen) atoms. The monoisotopic (exact) mass is 308 g/mol. The normalized spacial score (nSPS) is 21.4. The molecule has 1 unspecified atom stereocenters.